The Kier molecular flexibility index (Phi) is 5.31. The van der Waals surface area contributed by atoms with Crippen molar-refractivity contribution in [1.82, 2.24) is 5.32 Å². The van der Waals surface area contributed by atoms with Gasteiger partial charge in [0.1, 0.15) is 0 Å². The molecule has 2 nitrogen and oxygen atoms in total. The molecule has 2 unspecified atom stereocenters. The SMILES string of the molecule is CCCNC(c1ccc(Cl)c(Cl)c1)C1CCCO1. The molecule has 1 fully saturated rings. The summed E-state index contributed by atoms with van der Waals surface area (Å²) in [5.41, 5.74) is 1.16. The summed E-state index contributed by atoms with van der Waals surface area (Å²) in [4.78, 5) is 0. The van der Waals surface area contributed by atoms with Gasteiger partial charge < -0.3 is 10.1 Å². The molecule has 0 aromatic heterocycles. The standard InChI is InChI=1S/C14H19Cl2NO/c1-2-7-17-14(13-4-3-8-18-13)10-5-6-11(15)12(16)9-10/h5-6,9,13-14,17H,2-4,7-8H2,1H3. The molecule has 0 saturated carbocycles. The zero-order valence-electron chi connectivity index (χ0n) is 10.6. The van der Waals surface area contributed by atoms with Crippen LogP contribution in [0.3, 0.4) is 0 Å². The number of hydrogen-bond donors (Lipinski definition) is 1. The highest BCUT2D eigenvalue weighted by atomic mass is 35.5. The molecule has 100 valence electrons. The number of rotatable bonds is 5. The summed E-state index contributed by atoms with van der Waals surface area (Å²) >= 11 is 12.1. The molecule has 1 aliphatic rings. The summed E-state index contributed by atoms with van der Waals surface area (Å²) in [5.74, 6) is 0. The van der Waals surface area contributed by atoms with Crippen molar-refractivity contribution < 1.29 is 4.74 Å². The number of benzene rings is 1. The highest BCUT2D eigenvalue weighted by molar-refractivity contribution is 6.42. The molecule has 1 heterocycles. The lowest BCUT2D eigenvalue weighted by molar-refractivity contribution is 0.0783. The number of hydrogen-bond acceptors (Lipinski definition) is 2. The minimum atomic E-state index is 0.210. The molecule has 18 heavy (non-hydrogen) atoms. The average Bonchev–Trinajstić information content (AvgIpc) is 2.88. The van der Waals surface area contributed by atoms with Gasteiger partial charge in [-0.05, 0) is 43.5 Å². The van der Waals surface area contributed by atoms with E-state index in [1.807, 2.05) is 18.2 Å². The molecule has 1 N–H and O–H groups in total. The fourth-order valence-electron chi connectivity index (χ4n) is 2.34. The smallest absolute Gasteiger partial charge is 0.0770 e. The second kappa shape index (κ2) is 6.76. The van der Waals surface area contributed by atoms with Crippen molar-refractivity contribution in [3.63, 3.8) is 0 Å². The Morgan fingerprint density at radius 3 is 2.83 bits per heavy atom. The van der Waals surface area contributed by atoms with Crippen molar-refractivity contribution in [2.45, 2.75) is 38.3 Å². The van der Waals surface area contributed by atoms with Crippen molar-refractivity contribution in [3.05, 3.63) is 33.8 Å². The van der Waals surface area contributed by atoms with E-state index < -0.39 is 0 Å². The lowest BCUT2D eigenvalue weighted by Crippen LogP contribution is -2.32. The first kappa shape index (κ1) is 14.1. The van der Waals surface area contributed by atoms with Gasteiger partial charge in [-0.1, -0.05) is 36.2 Å². The van der Waals surface area contributed by atoms with Gasteiger partial charge >= 0.3 is 0 Å². The highest BCUT2D eigenvalue weighted by Gasteiger charge is 2.27. The zero-order chi connectivity index (χ0) is 13.0. The Hall–Kier alpha value is -0.280. The van der Waals surface area contributed by atoms with Crippen LogP contribution in [0.1, 0.15) is 37.8 Å². The van der Waals surface area contributed by atoms with Crippen LogP contribution < -0.4 is 5.32 Å². The van der Waals surface area contributed by atoms with Crippen molar-refractivity contribution >= 4 is 23.2 Å². The van der Waals surface area contributed by atoms with Crippen molar-refractivity contribution in [2.24, 2.45) is 0 Å². The van der Waals surface area contributed by atoms with Gasteiger partial charge in [0.05, 0.1) is 22.2 Å². The summed E-state index contributed by atoms with van der Waals surface area (Å²) in [6.45, 7) is 4.00. The summed E-state index contributed by atoms with van der Waals surface area (Å²) < 4.78 is 5.80. The van der Waals surface area contributed by atoms with Crippen LogP contribution in [0.5, 0.6) is 0 Å². The molecule has 1 aromatic carbocycles. The lowest BCUT2D eigenvalue weighted by Gasteiger charge is -2.25. The molecule has 1 aliphatic heterocycles. The van der Waals surface area contributed by atoms with E-state index in [2.05, 4.69) is 12.2 Å². The summed E-state index contributed by atoms with van der Waals surface area (Å²) in [6.07, 6.45) is 3.58. The van der Waals surface area contributed by atoms with Crippen LogP contribution in [-0.2, 0) is 4.74 Å². The van der Waals surface area contributed by atoms with Gasteiger partial charge in [-0.15, -0.1) is 0 Å². The van der Waals surface area contributed by atoms with E-state index in [4.69, 9.17) is 27.9 Å². The molecular weight excluding hydrogens is 269 g/mol. The monoisotopic (exact) mass is 287 g/mol. The molecule has 4 heteroatoms. The molecule has 2 atom stereocenters. The van der Waals surface area contributed by atoms with E-state index in [1.54, 1.807) is 0 Å². The van der Waals surface area contributed by atoms with Crippen molar-refractivity contribution in [3.8, 4) is 0 Å². The maximum absolute atomic E-state index is 6.10. The molecule has 2 rings (SSSR count). The summed E-state index contributed by atoms with van der Waals surface area (Å²) in [6, 6.07) is 6.04. The van der Waals surface area contributed by atoms with Crippen LogP contribution in [-0.4, -0.2) is 19.3 Å². The maximum Gasteiger partial charge on any atom is 0.0770 e. The Balaban J connectivity index is 2.17. The van der Waals surface area contributed by atoms with E-state index in [-0.39, 0.29) is 12.1 Å². The van der Waals surface area contributed by atoms with Gasteiger partial charge in [0.15, 0.2) is 0 Å². The second-order valence-corrected chi connectivity index (χ2v) is 5.47. The number of halogens is 2. The highest BCUT2D eigenvalue weighted by Crippen LogP contribution is 2.31. The Bertz CT molecular complexity index is 391. The first-order chi connectivity index (χ1) is 8.72. The molecule has 1 saturated heterocycles. The topological polar surface area (TPSA) is 21.3 Å². The Labute approximate surface area is 119 Å². The van der Waals surface area contributed by atoms with Crippen LogP contribution in [0.2, 0.25) is 10.0 Å². The average molecular weight is 288 g/mol. The van der Waals surface area contributed by atoms with E-state index >= 15 is 0 Å². The van der Waals surface area contributed by atoms with Crippen molar-refractivity contribution in [2.75, 3.05) is 13.2 Å². The van der Waals surface area contributed by atoms with E-state index in [9.17, 15) is 0 Å². The van der Waals surface area contributed by atoms with E-state index in [0.29, 0.717) is 10.0 Å². The fourth-order valence-corrected chi connectivity index (χ4v) is 2.64. The molecule has 0 bridgehead atoms. The zero-order valence-corrected chi connectivity index (χ0v) is 12.1. The Morgan fingerprint density at radius 2 is 2.22 bits per heavy atom. The number of nitrogens with one attached hydrogen (secondary N) is 1. The van der Waals surface area contributed by atoms with Gasteiger partial charge in [0.25, 0.3) is 0 Å². The van der Waals surface area contributed by atoms with E-state index in [1.165, 1.54) is 0 Å². The largest absolute Gasteiger partial charge is 0.376 e. The van der Waals surface area contributed by atoms with Crippen LogP contribution in [0.25, 0.3) is 0 Å². The fraction of sp³-hybridized carbons (Fsp3) is 0.571. The molecule has 1 aromatic rings. The third kappa shape index (κ3) is 3.39. The second-order valence-electron chi connectivity index (χ2n) is 4.66. The van der Waals surface area contributed by atoms with Crippen LogP contribution >= 0.6 is 23.2 Å². The predicted octanol–water partition coefficient (Wildman–Crippen LogP) is 4.21. The van der Waals surface area contributed by atoms with Gasteiger partial charge in [0, 0.05) is 6.61 Å². The summed E-state index contributed by atoms with van der Waals surface area (Å²) in [7, 11) is 0. The molecule has 0 spiro atoms. The predicted molar refractivity (Wildman–Crippen MR) is 76.5 cm³/mol. The summed E-state index contributed by atoms with van der Waals surface area (Å²) in [5, 5.41) is 4.75. The van der Waals surface area contributed by atoms with Gasteiger partial charge in [-0.3, -0.25) is 0 Å². The van der Waals surface area contributed by atoms with Crippen LogP contribution in [0.4, 0.5) is 0 Å². The quantitative estimate of drug-likeness (QED) is 0.876. The minimum Gasteiger partial charge on any atom is -0.376 e. The van der Waals surface area contributed by atoms with E-state index in [0.717, 1.165) is 38.0 Å². The molecule has 0 aliphatic carbocycles. The third-order valence-electron chi connectivity index (χ3n) is 3.25. The van der Waals surface area contributed by atoms with Crippen LogP contribution in [0.15, 0.2) is 18.2 Å². The first-order valence-electron chi connectivity index (χ1n) is 6.52. The maximum atomic E-state index is 6.10. The van der Waals surface area contributed by atoms with Gasteiger partial charge in [-0.25, -0.2) is 0 Å². The Morgan fingerprint density at radius 1 is 1.39 bits per heavy atom. The van der Waals surface area contributed by atoms with Crippen LogP contribution in [0, 0.1) is 0 Å². The minimum absolute atomic E-state index is 0.210. The van der Waals surface area contributed by atoms with Gasteiger partial charge in [0.2, 0.25) is 0 Å². The van der Waals surface area contributed by atoms with Crippen molar-refractivity contribution in [1.29, 1.82) is 0 Å². The third-order valence-corrected chi connectivity index (χ3v) is 3.99. The molecular formula is C14H19Cl2NO. The molecule has 0 radical (unpaired) electrons. The van der Waals surface area contributed by atoms with Gasteiger partial charge in [-0.2, -0.15) is 0 Å². The first-order valence-corrected chi connectivity index (χ1v) is 7.28. The number of ether oxygens (including phenoxy) is 1. The normalized spacial score (nSPS) is 21.2. The molecule has 0 amide bonds. The lowest BCUT2D eigenvalue weighted by atomic mass is 9.99.